The monoisotopic (exact) mass is 353 g/mol. The van der Waals surface area contributed by atoms with Crippen molar-refractivity contribution in [2.75, 3.05) is 13.1 Å². The molecule has 114 valence electrons. The molecule has 0 radical (unpaired) electrons. The van der Waals surface area contributed by atoms with E-state index in [0.29, 0.717) is 18.9 Å². The number of likely N-dealkylation sites (tertiary alicyclic amines) is 1. The van der Waals surface area contributed by atoms with Gasteiger partial charge < -0.3 is 10.0 Å². The number of rotatable bonds is 4. The maximum atomic E-state index is 12.6. The molecular weight excluding hydrogens is 334 g/mol. The molecular formula is C16H20BrNO3. The molecule has 0 bridgehead atoms. The van der Waals surface area contributed by atoms with Gasteiger partial charge in [0.2, 0.25) is 0 Å². The van der Waals surface area contributed by atoms with E-state index in [4.69, 9.17) is 5.11 Å². The molecule has 1 aromatic carbocycles. The van der Waals surface area contributed by atoms with Crippen LogP contribution in [0.3, 0.4) is 0 Å². The van der Waals surface area contributed by atoms with Crippen LogP contribution in [0, 0.1) is 12.8 Å². The van der Waals surface area contributed by atoms with Crippen molar-refractivity contribution in [2.45, 2.75) is 32.6 Å². The highest BCUT2D eigenvalue weighted by molar-refractivity contribution is 9.10. The number of carboxylic acids is 1. The van der Waals surface area contributed by atoms with Crippen LogP contribution in [0.15, 0.2) is 22.7 Å². The molecule has 1 N–H and O–H groups in total. The molecule has 1 saturated heterocycles. The third-order valence-electron chi connectivity index (χ3n) is 4.00. The molecule has 0 aliphatic carbocycles. The van der Waals surface area contributed by atoms with Crippen molar-refractivity contribution < 1.29 is 14.7 Å². The van der Waals surface area contributed by atoms with Crippen molar-refractivity contribution in [3.63, 3.8) is 0 Å². The van der Waals surface area contributed by atoms with E-state index in [0.717, 1.165) is 35.0 Å². The summed E-state index contributed by atoms with van der Waals surface area (Å²) in [4.78, 5) is 25.2. The molecule has 1 aromatic rings. The minimum absolute atomic E-state index is 0.0498. The number of carbonyl (C=O) groups excluding carboxylic acids is 1. The van der Waals surface area contributed by atoms with Gasteiger partial charge in [-0.3, -0.25) is 9.59 Å². The normalized spacial score (nSPS) is 18.6. The summed E-state index contributed by atoms with van der Waals surface area (Å²) in [6.07, 6.45) is 2.79. The number of amides is 1. The topological polar surface area (TPSA) is 57.6 Å². The lowest BCUT2D eigenvalue weighted by Crippen LogP contribution is -2.40. The first-order valence-electron chi connectivity index (χ1n) is 7.24. The molecule has 0 saturated carbocycles. The Balaban J connectivity index is 2.05. The molecule has 1 amide bonds. The minimum atomic E-state index is -0.763. The summed E-state index contributed by atoms with van der Waals surface area (Å²) in [5.74, 6) is -0.415. The molecule has 4 nitrogen and oxygen atoms in total. The molecule has 1 fully saturated rings. The molecule has 5 heteroatoms. The first kappa shape index (κ1) is 16.0. The van der Waals surface area contributed by atoms with E-state index < -0.39 is 5.97 Å². The van der Waals surface area contributed by atoms with Crippen molar-refractivity contribution >= 4 is 27.8 Å². The third kappa shape index (κ3) is 4.30. The number of carbonyl (C=O) groups is 2. The van der Waals surface area contributed by atoms with Crippen LogP contribution in [0.2, 0.25) is 0 Å². The summed E-state index contributed by atoms with van der Waals surface area (Å²) >= 11 is 3.41. The number of hydrogen-bond donors (Lipinski definition) is 1. The van der Waals surface area contributed by atoms with Crippen LogP contribution in [0.5, 0.6) is 0 Å². The summed E-state index contributed by atoms with van der Waals surface area (Å²) in [7, 11) is 0. The van der Waals surface area contributed by atoms with E-state index >= 15 is 0 Å². The Morgan fingerprint density at radius 2 is 2.19 bits per heavy atom. The number of halogens is 1. The average molecular weight is 354 g/mol. The first-order valence-corrected chi connectivity index (χ1v) is 8.04. The molecule has 1 aliphatic heterocycles. The smallest absolute Gasteiger partial charge is 0.303 e. The van der Waals surface area contributed by atoms with Gasteiger partial charge in [-0.2, -0.15) is 0 Å². The summed E-state index contributed by atoms with van der Waals surface area (Å²) in [5, 5.41) is 8.78. The van der Waals surface area contributed by atoms with Crippen molar-refractivity contribution in [3.05, 3.63) is 33.8 Å². The summed E-state index contributed by atoms with van der Waals surface area (Å²) in [6.45, 7) is 3.36. The number of nitrogens with zero attached hydrogens (tertiary/aromatic N) is 1. The van der Waals surface area contributed by atoms with E-state index in [1.165, 1.54) is 0 Å². The summed E-state index contributed by atoms with van der Waals surface area (Å²) < 4.78 is 0.899. The second-order valence-electron chi connectivity index (χ2n) is 5.65. The zero-order valence-electron chi connectivity index (χ0n) is 12.1. The van der Waals surface area contributed by atoms with Gasteiger partial charge in [-0.05, 0) is 49.8 Å². The fraction of sp³-hybridized carbons (Fsp3) is 0.500. The van der Waals surface area contributed by atoms with Crippen LogP contribution >= 0.6 is 15.9 Å². The standard InChI is InChI=1S/C16H20BrNO3/c1-11-4-6-13(17)9-14(11)16(21)18-8-2-3-12(10-18)5-7-15(19)20/h4,6,9,12H,2-3,5,7-8,10H2,1H3,(H,19,20). The second-order valence-corrected chi connectivity index (χ2v) is 6.57. The van der Waals surface area contributed by atoms with Crippen LogP contribution in [-0.4, -0.2) is 35.0 Å². The Morgan fingerprint density at radius 3 is 2.90 bits per heavy atom. The highest BCUT2D eigenvalue weighted by Gasteiger charge is 2.25. The van der Waals surface area contributed by atoms with Gasteiger partial charge in [0, 0.05) is 29.5 Å². The number of hydrogen-bond acceptors (Lipinski definition) is 2. The summed E-state index contributed by atoms with van der Waals surface area (Å²) in [5.41, 5.74) is 1.69. The predicted molar refractivity (Wildman–Crippen MR) is 84.4 cm³/mol. The Hall–Kier alpha value is -1.36. The molecule has 21 heavy (non-hydrogen) atoms. The second kappa shape index (κ2) is 7.07. The van der Waals surface area contributed by atoms with Crippen molar-refractivity contribution in [3.8, 4) is 0 Å². The summed E-state index contributed by atoms with van der Waals surface area (Å²) in [6, 6.07) is 5.72. The quantitative estimate of drug-likeness (QED) is 0.901. The molecule has 2 rings (SSSR count). The highest BCUT2D eigenvalue weighted by atomic mass is 79.9. The van der Waals surface area contributed by atoms with Gasteiger partial charge in [0.15, 0.2) is 0 Å². The van der Waals surface area contributed by atoms with Gasteiger partial charge in [0.1, 0.15) is 0 Å². The lowest BCUT2D eigenvalue weighted by atomic mass is 9.92. The zero-order chi connectivity index (χ0) is 15.4. The molecule has 1 heterocycles. The van der Waals surface area contributed by atoms with E-state index in [2.05, 4.69) is 15.9 Å². The first-order chi connectivity index (χ1) is 9.97. The molecule has 1 aliphatic rings. The Bertz CT molecular complexity index is 544. The lowest BCUT2D eigenvalue weighted by Gasteiger charge is -2.33. The number of piperidine rings is 1. The van der Waals surface area contributed by atoms with Crippen molar-refractivity contribution in [2.24, 2.45) is 5.92 Å². The van der Waals surface area contributed by atoms with Gasteiger partial charge in [-0.25, -0.2) is 0 Å². The molecule has 0 aromatic heterocycles. The Labute approximate surface area is 133 Å². The Kier molecular flexibility index (Phi) is 5.39. The highest BCUT2D eigenvalue weighted by Crippen LogP contribution is 2.24. The molecule has 1 unspecified atom stereocenters. The van der Waals surface area contributed by atoms with E-state index in [9.17, 15) is 9.59 Å². The zero-order valence-corrected chi connectivity index (χ0v) is 13.7. The van der Waals surface area contributed by atoms with E-state index in [-0.39, 0.29) is 12.3 Å². The van der Waals surface area contributed by atoms with Gasteiger partial charge in [-0.1, -0.05) is 22.0 Å². The van der Waals surface area contributed by atoms with Crippen molar-refractivity contribution in [1.29, 1.82) is 0 Å². The van der Waals surface area contributed by atoms with Crippen molar-refractivity contribution in [1.82, 2.24) is 4.90 Å². The van der Waals surface area contributed by atoms with Gasteiger partial charge >= 0.3 is 5.97 Å². The van der Waals surface area contributed by atoms with Crippen LogP contribution in [0.25, 0.3) is 0 Å². The van der Waals surface area contributed by atoms with E-state index in [1.807, 2.05) is 30.0 Å². The van der Waals surface area contributed by atoms with E-state index in [1.54, 1.807) is 0 Å². The molecule has 1 atom stereocenters. The van der Waals surface area contributed by atoms with Gasteiger partial charge in [0.25, 0.3) is 5.91 Å². The fourth-order valence-corrected chi connectivity index (χ4v) is 3.17. The van der Waals surface area contributed by atoms with Crippen LogP contribution in [0.1, 0.15) is 41.6 Å². The number of aryl methyl sites for hydroxylation is 1. The molecule has 0 spiro atoms. The third-order valence-corrected chi connectivity index (χ3v) is 4.50. The Morgan fingerprint density at radius 1 is 1.43 bits per heavy atom. The lowest BCUT2D eigenvalue weighted by molar-refractivity contribution is -0.137. The average Bonchev–Trinajstić information content (AvgIpc) is 2.47. The maximum Gasteiger partial charge on any atom is 0.303 e. The SMILES string of the molecule is Cc1ccc(Br)cc1C(=O)N1CCCC(CCC(=O)O)C1. The maximum absolute atomic E-state index is 12.6. The van der Waals surface area contributed by atoms with Crippen LogP contribution in [-0.2, 0) is 4.79 Å². The number of benzene rings is 1. The minimum Gasteiger partial charge on any atom is -0.481 e. The number of aliphatic carboxylic acids is 1. The van der Waals surface area contributed by atoms with Crippen LogP contribution in [0.4, 0.5) is 0 Å². The largest absolute Gasteiger partial charge is 0.481 e. The fourth-order valence-electron chi connectivity index (χ4n) is 2.81. The van der Waals surface area contributed by atoms with Crippen LogP contribution < -0.4 is 0 Å². The van der Waals surface area contributed by atoms with Gasteiger partial charge in [0.05, 0.1) is 0 Å². The number of carboxylic acid groups (broad SMARTS) is 1. The predicted octanol–water partition coefficient (Wildman–Crippen LogP) is 3.47. The van der Waals surface area contributed by atoms with Gasteiger partial charge in [-0.15, -0.1) is 0 Å².